The molecule has 0 fully saturated rings. The average Bonchev–Trinajstić information content (AvgIpc) is 2.97. The first kappa shape index (κ1) is 14.4. The number of rotatable bonds is 8. The minimum Gasteiger partial charge on any atom is -0.493 e. The third-order valence-corrected chi connectivity index (χ3v) is 2.96. The summed E-state index contributed by atoms with van der Waals surface area (Å²) in [6, 6.07) is 6.01. The van der Waals surface area contributed by atoms with E-state index in [1.807, 2.05) is 42.2 Å². The maximum atomic E-state index is 5.57. The zero-order valence-corrected chi connectivity index (χ0v) is 12.0. The Labute approximate surface area is 119 Å². The molecule has 0 aliphatic heterocycles. The van der Waals surface area contributed by atoms with Crippen LogP contribution in [0.25, 0.3) is 0 Å². The minimum atomic E-state index is 0.633. The number of nitrogens with one attached hydrogen (secondary N) is 1. The molecule has 1 aromatic heterocycles. The van der Waals surface area contributed by atoms with Gasteiger partial charge < -0.3 is 19.4 Å². The molecule has 1 heterocycles. The largest absolute Gasteiger partial charge is 0.493 e. The van der Waals surface area contributed by atoms with Gasteiger partial charge in [0, 0.05) is 32.0 Å². The van der Waals surface area contributed by atoms with Crippen LogP contribution in [0, 0.1) is 0 Å². The summed E-state index contributed by atoms with van der Waals surface area (Å²) in [5, 5.41) is 3.40. The maximum absolute atomic E-state index is 5.57. The van der Waals surface area contributed by atoms with Crippen molar-refractivity contribution >= 4 is 0 Å². The lowest BCUT2D eigenvalue weighted by Gasteiger charge is -2.11. The monoisotopic (exact) mass is 275 g/mol. The number of hydrogen-bond donors (Lipinski definition) is 1. The SMILES string of the molecule is CCOc1cc(CNCCn2ccnc2)ccc1OC. The van der Waals surface area contributed by atoms with Crippen molar-refractivity contribution in [3.63, 3.8) is 0 Å². The highest BCUT2D eigenvalue weighted by molar-refractivity contribution is 5.42. The van der Waals surface area contributed by atoms with Gasteiger partial charge in [-0.15, -0.1) is 0 Å². The summed E-state index contributed by atoms with van der Waals surface area (Å²) in [5.74, 6) is 1.57. The number of ether oxygens (including phenoxy) is 2. The van der Waals surface area contributed by atoms with Crippen molar-refractivity contribution in [2.75, 3.05) is 20.3 Å². The Morgan fingerprint density at radius 1 is 1.30 bits per heavy atom. The van der Waals surface area contributed by atoms with Crippen molar-refractivity contribution in [3.8, 4) is 11.5 Å². The van der Waals surface area contributed by atoms with Crippen molar-refractivity contribution in [1.82, 2.24) is 14.9 Å². The van der Waals surface area contributed by atoms with E-state index in [2.05, 4.69) is 10.3 Å². The zero-order chi connectivity index (χ0) is 14.2. The van der Waals surface area contributed by atoms with E-state index in [4.69, 9.17) is 9.47 Å². The molecule has 2 aromatic rings. The smallest absolute Gasteiger partial charge is 0.161 e. The molecule has 108 valence electrons. The predicted molar refractivity (Wildman–Crippen MR) is 78.1 cm³/mol. The number of imidazole rings is 1. The Morgan fingerprint density at radius 2 is 2.20 bits per heavy atom. The molecular weight excluding hydrogens is 254 g/mol. The van der Waals surface area contributed by atoms with E-state index in [-0.39, 0.29) is 0 Å². The van der Waals surface area contributed by atoms with Crippen LogP contribution in [0.15, 0.2) is 36.9 Å². The van der Waals surface area contributed by atoms with Crippen LogP contribution in [-0.4, -0.2) is 29.8 Å². The van der Waals surface area contributed by atoms with Crippen LogP contribution in [0.3, 0.4) is 0 Å². The fourth-order valence-electron chi connectivity index (χ4n) is 1.96. The lowest BCUT2D eigenvalue weighted by atomic mass is 10.2. The molecule has 5 heteroatoms. The summed E-state index contributed by atoms with van der Waals surface area (Å²) in [4.78, 5) is 4.01. The second-order valence-corrected chi connectivity index (χ2v) is 4.40. The van der Waals surface area contributed by atoms with Crippen LogP contribution in [0.1, 0.15) is 12.5 Å². The number of benzene rings is 1. The molecule has 0 atom stereocenters. The third kappa shape index (κ3) is 3.99. The van der Waals surface area contributed by atoms with E-state index < -0.39 is 0 Å². The average molecular weight is 275 g/mol. The summed E-state index contributed by atoms with van der Waals surface area (Å²) in [5.41, 5.74) is 1.18. The molecule has 1 aromatic carbocycles. The fraction of sp³-hybridized carbons (Fsp3) is 0.400. The van der Waals surface area contributed by atoms with E-state index >= 15 is 0 Å². The van der Waals surface area contributed by atoms with Crippen molar-refractivity contribution in [1.29, 1.82) is 0 Å². The van der Waals surface area contributed by atoms with Crippen molar-refractivity contribution in [2.45, 2.75) is 20.0 Å². The highest BCUT2D eigenvalue weighted by atomic mass is 16.5. The van der Waals surface area contributed by atoms with Gasteiger partial charge in [0.05, 0.1) is 20.0 Å². The Hall–Kier alpha value is -2.01. The van der Waals surface area contributed by atoms with Crippen LogP contribution < -0.4 is 14.8 Å². The number of aromatic nitrogens is 2. The highest BCUT2D eigenvalue weighted by Gasteiger charge is 2.04. The van der Waals surface area contributed by atoms with Gasteiger partial charge >= 0.3 is 0 Å². The summed E-state index contributed by atoms with van der Waals surface area (Å²) in [6.45, 7) is 5.21. The molecule has 20 heavy (non-hydrogen) atoms. The standard InChI is InChI=1S/C15H21N3O2/c1-3-20-15-10-13(4-5-14(15)19-2)11-16-6-8-18-9-7-17-12-18/h4-5,7,9-10,12,16H,3,6,8,11H2,1-2H3. The summed E-state index contributed by atoms with van der Waals surface area (Å²) in [7, 11) is 1.65. The first-order chi connectivity index (χ1) is 9.83. The van der Waals surface area contributed by atoms with Gasteiger partial charge in [0.2, 0.25) is 0 Å². The van der Waals surface area contributed by atoms with Gasteiger partial charge in [0.25, 0.3) is 0 Å². The molecule has 0 spiro atoms. The fourth-order valence-corrected chi connectivity index (χ4v) is 1.96. The van der Waals surface area contributed by atoms with Crippen LogP contribution in [0.5, 0.6) is 11.5 Å². The Bertz CT molecular complexity index is 512. The van der Waals surface area contributed by atoms with Gasteiger partial charge in [0.1, 0.15) is 0 Å². The maximum Gasteiger partial charge on any atom is 0.161 e. The predicted octanol–water partition coefficient (Wildman–Crippen LogP) is 2.08. The minimum absolute atomic E-state index is 0.633. The van der Waals surface area contributed by atoms with E-state index in [0.29, 0.717) is 6.61 Å². The summed E-state index contributed by atoms with van der Waals surface area (Å²) in [6.07, 6.45) is 5.57. The molecular formula is C15H21N3O2. The molecule has 0 saturated heterocycles. The Balaban J connectivity index is 1.84. The van der Waals surface area contributed by atoms with Crippen molar-refractivity contribution in [3.05, 3.63) is 42.5 Å². The molecule has 0 radical (unpaired) electrons. The topological polar surface area (TPSA) is 48.3 Å². The number of nitrogens with zero attached hydrogens (tertiary/aromatic N) is 2. The third-order valence-electron chi connectivity index (χ3n) is 2.96. The van der Waals surface area contributed by atoms with Gasteiger partial charge in [-0.2, -0.15) is 0 Å². The first-order valence-corrected chi connectivity index (χ1v) is 6.79. The van der Waals surface area contributed by atoms with Gasteiger partial charge in [-0.05, 0) is 24.6 Å². The van der Waals surface area contributed by atoms with Gasteiger partial charge in [-0.3, -0.25) is 0 Å². The van der Waals surface area contributed by atoms with E-state index in [1.54, 1.807) is 13.3 Å². The molecule has 0 aliphatic carbocycles. The van der Waals surface area contributed by atoms with Crippen LogP contribution in [0.4, 0.5) is 0 Å². The number of hydrogen-bond acceptors (Lipinski definition) is 4. The van der Waals surface area contributed by atoms with Gasteiger partial charge in [-0.1, -0.05) is 6.07 Å². The molecule has 1 N–H and O–H groups in total. The van der Waals surface area contributed by atoms with Crippen molar-refractivity contribution < 1.29 is 9.47 Å². The van der Waals surface area contributed by atoms with E-state index in [1.165, 1.54) is 5.56 Å². The summed E-state index contributed by atoms with van der Waals surface area (Å²) < 4.78 is 12.9. The molecule has 0 amide bonds. The Morgan fingerprint density at radius 3 is 2.90 bits per heavy atom. The zero-order valence-electron chi connectivity index (χ0n) is 12.0. The second-order valence-electron chi connectivity index (χ2n) is 4.40. The normalized spacial score (nSPS) is 10.5. The molecule has 0 saturated carbocycles. The van der Waals surface area contributed by atoms with Crippen molar-refractivity contribution in [2.24, 2.45) is 0 Å². The Kier molecular flexibility index (Phi) is 5.43. The highest BCUT2D eigenvalue weighted by Crippen LogP contribution is 2.27. The number of methoxy groups -OCH3 is 1. The van der Waals surface area contributed by atoms with Gasteiger partial charge in [0.15, 0.2) is 11.5 Å². The molecule has 0 bridgehead atoms. The van der Waals surface area contributed by atoms with E-state index in [0.717, 1.165) is 31.1 Å². The quantitative estimate of drug-likeness (QED) is 0.749. The first-order valence-electron chi connectivity index (χ1n) is 6.79. The molecule has 5 nitrogen and oxygen atoms in total. The molecule has 2 rings (SSSR count). The van der Waals surface area contributed by atoms with Crippen LogP contribution in [0.2, 0.25) is 0 Å². The van der Waals surface area contributed by atoms with Crippen LogP contribution in [-0.2, 0) is 13.1 Å². The second kappa shape index (κ2) is 7.55. The van der Waals surface area contributed by atoms with E-state index in [9.17, 15) is 0 Å². The lowest BCUT2D eigenvalue weighted by Crippen LogP contribution is -2.19. The van der Waals surface area contributed by atoms with Gasteiger partial charge in [-0.25, -0.2) is 4.98 Å². The lowest BCUT2D eigenvalue weighted by molar-refractivity contribution is 0.310. The van der Waals surface area contributed by atoms with Crippen LogP contribution >= 0.6 is 0 Å². The molecule has 0 aliphatic rings. The molecule has 0 unspecified atom stereocenters. The summed E-state index contributed by atoms with van der Waals surface area (Å²) >= 11 is 0.